The van der Waals surface area contributed by atoms with Crippen LogP contribution in [0.2, 0.25) is 5.02 Å². The van der Waals surface area contributed by atoms with Crippen LogP contribution in [0.1, 0.15) is 12.4 Å². The standard InChI is InChI=1S/C7H7Cl/c1-6-3-2-4-7(8)5-6/h2-5H,1H3/i1D,2D,3D,4D,5D. The van der Waals surface area contributed by atoms with Crippen molar-refractivity contribution in [2.75, 3.05) is 0 Å². The summed E-state index contributed by atoms with van der Waals surface area (Å²) in [5.41, 5.74) is 0.103. The normalized spacial score (nSPS) is 17.9. The lowest BCUT2D eigenvalue weighted by atomic mass is 10.2. The Kier molecular flexibility index (Phi) is 0.556. The summed E-state index contributed by atoms with van der Waals surface area (Å²) in [6.07, 6.45) is 0. The number of rotatable bonds is 0. The van der Waals surface area contributed by atoms with E-state index < -0.39 is 0 Å². The van der Waals surface area contributed by atoms with Crippen LogP contribution in [-0.2, 0) is 0 Å². The summed E-state index contributed by atoms with van der Waals surface area (Å²) in [6.45, 7) is -0.260. The van der Waals surface area contributed by atoms with Gasteiger partial charge in [0.2, 0.25) is 0 Å². The average Bonchev–Trinajstić information content (AvgIpc) is 2.13. The SMILES string of the molecule is [2H]Cc1c([2H])c([2H])c([2H])c(Cl)c1[2H]. The van der Waals surface area contributed by atoms with Gasteiger partial charge in [0.25, 0.3) is 0 Å². The maximum Gasteiger partial charge on any atom is 0.0641 e. The molecule has 0 unspecified atom stereocenters. The summed E-state index contributed by atoms with van der Waals surface area (Å²) in [7, 11) is 0. The molecule has 0 atom stereocenters. The largest absolute Gasteiger partial charge is 0.0843 e. The molecule has 42 valence electrons. The van der Waals surface area contributed by atoms with Crippen LogP contribution >= 0.6 is 11.6 Å². The molecule has 0 radical (unpaired) electrons. The Morgan fingerprint density at radius 1 is 1.75 bits per heavy atom. The number of hydrogen-bond donors (Lipinski definition) is 0. The quantitative estimate of drug-likeness (QED) is 0.508. The van der Waals surface area contributed by atoms with E-state index in [0.717, 1.165) is 0 Å². The van der Waals surface area contributed by atoms with Crippen molar-refractivity contribution in [1.82, 2.24) is 0 Å². The summed E-state index contributed by atoms with van der Waals surface area (Å²) < 4.78 is 36.4. The Balaban J connectivity index is 3.56. The zero-order valence-corrected chi connectivity index (χ0v) is 4.84. The van der Waals surface area contributed by atoms with Crippen LogP contribution in [0.4, 0.5) is 0 Å². The Bertz CT molecular complexity index is 320. The topological polar surface area (TPSA) is 0 Å². The predicted molar refractivity (Wildman–Crippen MR) is 36.2 cm³/mol. The first-order valence-corrected chi connectivity index (χ1v) is 2.42. The summed E-state index contributed by atoms with van der Waals surface area (Å²) in [5, 5.41) is -0.150. The maximum absolute atomic E-state index is 7.40. The molecule has 0 saturated carbocycles. The predicted octanol–water partition coefficient (Wildman–Crippen LogP) is 2.65. The fourth-order valence-corrected chi connectivity index (χ4v) is 0.518. The van der Waals surface area contributed by atoms with Crippen LogP contribution in [0.25, 0.3) is 0 Å². The first kappa shape index (κ1) is 2.03. The highest BCUT2D eigenvalue weighted by atomic mass is 35.5. The molecule has 0 aliphatic carbocycles. The fourth-order valence-electron chi connectivity index (χ4n) is 0.357. The first-order valence-electron chi connectivity index (χ1n) is 4.75. The molecule has 0 saturated heterocycles. The molecule has 0 N–H and O–H groups in total. The van der Waals surface area contributed by atoms with Crippen molar-refractivity contribution >= 4 is 11.6 Å². The smallest absolute Gasteiger partial charge is 0.0641 e. The van der Waals surface area contributed by atoms with E-state index in [1.54, 1.807) is 0 Å². The van der Waals surface area contributed by atoms with Crippen molar-refractivity contribution in [3.8, 4) is 0 Å². The van der Waals surface area contributed by atoms with Gasteiger partial charge < -0.3 is 0 Å². The van der Waals surface area contributed by atoms with Gasteiger partial charge in [0.1, 0.15) is 0 Å². The molecule has 1 heteroatoms. The van der Waals surface area contributed by atoms with Crippen molar-refractivity contribution in [1.29, 1.82) is 0 Å². The van der Waals surface area contributed by atoms with E-state index in [-0.39, 0.29) is 41.7 Å². The molecule has 0 bridgehead atoms. The number of hydrogen-bond acceptors (Lipinski definition) is 0. The van der Waals surface area contributed by atoms with Crippen LogP contribution in [0.15, 0.2) is 24.2 Å². The molecule has 0 nitrogen and oxygen atoms in total. The lowest BCUT2D eigenvalue weighted by molar-refractivity contribution is 1.47. The van der Waals surface area contributed by atoms with Gasteiger partial charge in [-0.15, -0.1) is 0 Å². The van der Waals surface area contributed by atoms with E-state index in [0.29, 0.717) is 0 Å². The molecule has 8 heavy (non-hydrogen) atoms. The van der Waals surface area contributed by atoms with Crippen molar-refractivity contribution < 1.29 is 6.85 Å². The zero-order valence-electron chi connectivity index (χ0n) is 9.09. The fraction of sp³-hybridized carbons (Fsp3) is 0.143. The van der Waals surface area contributed by atoms with E-state index in [9.17, 15) is 0 Å². The third kappa shape index (κ3) is 1.24. The van der Waals surface area contributed by atoms with Crippen LogP contribution in [0.3, 0.4) is 0 Å². The average molecular weight is 132 g/mol. The summed E-state index contributed by atoms with van der Waals surface area (Å²) in [5.74, 6) is 0. The van der Waals surface area contributed by atoms with Gasteiger partial charge in [-0.1, -0.05) is 23.7 Å². The lowest BCUT2D eigenvalue weighted by Gasteiger charge is -1.88. The molecule has 0 amide bonds. The van der Waals surface area contributed by atoms with Crippen LogP contribution in [-0.4, -0.2) is 0 Å². The molecule has 1 rings (SSSR count). The van der Waals surface area contributed by atoms with E-state index in [2.05, 4.69) is 0 Å². The highest BCUT2D eigenvalue weighted by Gasteiger charge is 1.82. The Labute approximate surface area is 61.1 Å². The molecule has 0 aliphatic rings. The summed E-state index contributed by atoms with van der Waals surface area (Å²) in [6, 6.07) is -1.05. The van der Waals surface area contributed by atoms with Gasteiger partial charge in [-0.2, -0.15) is 0 Å². The van der Waals surface area contributed by atoms with E-state index in [1.165, 1.54) is 0 Å². The number of benzene rings is 1. The van der Waals surface area contributed by atoms with E-state index in [4.69, 9.17) is 18.5 Å². The molecule has 0 aliphatic heterocycles. The molecule has 1 aromatic carbocycles. The van der Waals surface area contributed by atoms with Gasteiger partial charge in [-0.3, -0.25) is 0 Å². The number of halogens is 1. The molecule has 0 aromatic heterocycles. The zero-order chi connectivity index (χ0) is 10.2. The van der Waals surface area contributed by atoms with Gasteiger partial charge in [0, 0.05) is 6.39 Å². The van der Waals surface area contributed by atoms with Crippen LogP contribution in [0, 0.1) is 6.90 Å². The van der Waals surface area contributed by atoms with E-state index in [1.807, 2.05) is 0 Å². The maximum atomic E-state index is 7.40. The van der Waals surface area contributed by atoms with Crippen molar-refractivity contribution in [3.63, 3.8) is 0 Å². The van der Waals surface area contributed by atoms with Gasteiger partial charge in [-0.05, 0) is 24.5 Å². The van der Waals surface area contributed by atoms with Gasteiger partial charge in [0.05, 0.1) is 5.48 Å². The second-order valence-electron chi connectivity index (χ2n) is 1.29. The minimum Gasteiger partial charge on any atom is -0.0843 e. The highest BCUT2D eigenvalue weighted by molar-refractivity contribution is 6.30. The second-order valence-corrected chi connectivity index (χ2v) is 1.67. The second kappa shape index (κ2) is 2.19. The third-order valence-corrected chi connectivity index (χ3v) is 0.835. The molecular formula is C7H7Cl. The molecule has 0 fully saturated rings. The minimum atomic E-state index is -0.316. The Morgan fingerprint density at radius 2 is 2.62 bits per heavy atom. The first-order chi connectivity index (χ1) is 6.00. The minimum absolute atomic E-state index is 0.103. The van der Waals surface area contributed by atoms with Crippen LogP contribution in [0.5, 0.6) is 0 Å². The van der Waals surface area contributed by atoms with E-state index >= 15 is 0 Å². The molecule has 0 spiro atoms. The molecule has 1 aromatic rings. The monoisotopic (exact) mass is 131 g/mol. The summed E-state index contributed by atoms with van der Waals surface area (Å²) >= 11 is 5.58. The van der Waals surface area contributed by atoms with Crippen molar-refractivity contribution in [3.05, 3.63) is 34.8 Å². The van der Waals surface area contributed by atoms with Crippen molar-refractivity contribution in [2.24, 2.45) is 0 Å². The van der Waals surface area contributed by atoms with Gasteiger partial charge in [-0.25, -0.2) is 0 Å². The molecule has 0 heterocycles. The Hall–Kier alpha value is -0.490. The Morgan fingerprint density at radius 3 is 3.38 bits per heavy atom. The van der Waals surface area contributed by atoms with Gasteiger partial charge in [0.15, 0.2) is 0 Å². The summed E-state index contributed by atoms with van der Waals surface area (Å²) in [4.78, 5) is 0. The molecular weight excluding hydrogens is 120 g/mol. The lowest BCUT2D eigenvalue weighted by Crippen LogP contribution is -1.66. The van der Waals surface area contributed by atoms with Crippen molar-refractivity contribution in [2.45, 2.75) is 6.90 Å². The van der Waals surface area contributed by atoms with Gasteiger partial charge >= 0.3 is 0 Å². The third-order valence-electron chi connectivity index (χ3n) is 0.646. The highest BCUT2D eigenvalue weighted by Crippen LogP contribution is 2.08. The van der Waals surface area contributed by atoms with Crippen LogP contribution < -0.4 is 0 Å².